The Labute approximate surface area is 160 Å². The van der Waals surface area contributed by atoms with Crippen LogP contribution in [0.3, 0.4) is 0 Å². The molecule has 1 aliphatic heterocycles. The second kappa shape index (κ2) is 8.13. The van der Waals surface area contributed by atoms with Crippen LogP contribution >= 0.6 is 0 Å². The van der Waals surface area contributed by atoms with Gasteiger partial charge in [-0.25, -0.2) is 0 Å². The Morgan fingerprint density at radius 2 is 1.36 bits per heavy atom. The fourth-order valence-corrected chi connectivity index (χ4v) is 3.72. The molecule has 0 radical (unpaired) electrons. The van der Waals surface area contributed by atoms with Gasteiger partial charge in [-0.2, -0.15) is 0 Å². The summed E-state index contributed by atoms with van der Waals surface area (Å²) >= 11 is 0. The summed E-state index contributed by atoms with van der Waals surface area (Å²) in [4.78, 5) is 57.8. The molecule has 0 bridgehead atoms. The summed E-state index contributed by atoms with van der Waals surface area (Å²) in [5.74, 6) is -4.92. The van der Waals surface area contributed by atoms with Crippen LogP contribution in [0.2, 0.25) is 0 Å². The molecule has 11 nitrogen and oxygen atoms in total. The fourth-order valence-electron chi connectivity index (χ4n) is 3.72. The Morgan fingerprint density at radius 3 is 1.82 bits per heavy atom. The van der Waals surface area contributed by atoms with E-state index in [0.717, 1.165) is 20.8 Å². The molecule has 4 unspecified atom stereocenters. The van der Waals surface area contributed by atoms with Gasteiger partial charge < -0.3 is 29.0 Å². The van der Waals surface area contributed by atoms with Gasteiger partial charge in [-0.05, 0) is 0 Å². The van der Waals surface area contributed by atoms with Crippen molar-refractivity contribution >= 4 is 29.8 Å². The molecule has 11 heteroatoms. The zero-order valence-corrected chi connectivity index (χ0v) is 16.2. The van der Waals surface area contributed by atoms with Crippen molar-refractivity contribution in [1.82, 2.24) is 5.32 Å². The lowest BCUT2D eigenvalue weighted by molar-refractivity contribution is -0.360. The molecule has 1 aliphatic carbocycles. The van der Waals surface area contributed by atoms with Crippen molar-refractivity contribution in [1.29, 1.82) is 0 Å². The molecule has 1 saturated heterocycles. The Hall–Kier alpha value is -2.69. The van der Waals surface area contributed by atoms with Gasteiger partial charge >= 0.3 is 23.9 Å². The summed E-state index contributed by atoms with van der Waals surface area (Å²) < 4.78 is 26.5. The average molecular weight is 401 g/mol. The van der Waals surface area contributed by atoms with Crippen LogP contribution < -0.4 is 5.32 Å². The van der Waals surface area contributed by atoms with Crippen LogP contribution in [0.1, 0.15) is 34.6 Å². The number of carbonyl (C=O) groups excluding carboxylic acids is 5. The van der Waals surface area contributed by atoms with E-state index in [-0.39, 0.29) is 6.61 Å². The maximum atomic E-state index is 11.8. The molecule has 0 aromatic carbocycles. The van der Waals surface area contributed by atoms with E-state index in [1.165, 1.54) is 13.8 Å². The van der Waals surface area contributed by atoms with Crippen LogP contribution in [-0.2, 0) is 47.7 Å². The third kappa shape index (κ3) is 4.24. The molecule has 2 aliphatic rings. The summed E-state index contributed by atoms with van der Waals surface area (Å²) in [5.41, 5.74) is -1.53. The second-order valence-electron chi connectivity index (χ2n) is 6.65. The molecule has 1 saturated carbocycles. The number of ether oxygens (including phenoxy) is 5. The average Bonchev–Trinajstić information content (AvgIpc) is 2.66. The lowest BCUT2D eigenvalue weighted by Gasteiger charge is -2.52. The van der Waals surface area contributed by atoms with E-state index in [0.29, 0.717) is 0 Å². The summed E-state index contributed by atoms with van der Waals surface area (Å²) in [6.07, 6.45) is -3.38. The van der Waals surface area contributed by atoms with Crippen LogP contribution in [0, 0.1) is 11.8 Å². The third-order valence-electron chi connectivity index (χ3n) is 4.45. The predicted octanol–water partition coefficient (Wildman–Crippen LogP) is -0.589. The normalized spacial score (nSPS) is 33.0. The molecule has 2 rings (SSSR count). The largest absolute Gasteiger partial charge is 0.465 e. The van der Waals surface area contributed by atoms with E-state index in [1.807, 2.05) is 0 Å². The van der Waals surface area contributed by atoms with Gasteiger partial charge in [0.15, 0.2) is 11.8 Å². The number of carbonyl (C=O) groups is 5. The first-order chi connectivity index (χ1) is 13.0. The van der Waals surface area contributed by atoms with Gasteiger partial charge in [0, 0.05) is 34.6 Å². The standard InChI is InChI=1S/C17H23NO10/c1-7(19)18-17-12(6-24-8(2)20)14(25-9(3)21)15(26-10(4)22)13(17)16(28-17)27-11(5)23/h12-16H,6H2,1-5H3,(H,18,19)/t12?,13?,14-,15?,16+,17?/m1/s1. The highest BCUT2D eigenvalue weighted by Crippen LogP contribution is 2.55. The number of hydrogen-bond acceptors (Lipinski definition) is 10. The predicted molar refractivity (Wildman–Crippen MR) is 87.9 cm³/mol. The highest BCUT2D eigenvalue weighted by atomic mass is 16.7. The summed E-state index contributed by atoms with van der Waals surface area (Å²) in [6.45, 7) is 5.60. The van der Waals surface area contributed by atoms with Gasteiger partial charge in [-0.15, -0.1) is 0 Å². The number of fused-ring (bicyclic) bond motifs is 1. The molecular formula is C17H23NO10. The number of amides is 1. The first kappa shape index (κ1) is 21.6. The van der Waals surface area contributed by atoms with Crippen LogP contribution in [0.4, 0.5) is 0 Å². The van der Waals surface area contributed by atoms with Gasteiger partial charge in [0.1, 0.15) is 18.6 Å². The first-order valence-corrected chi connectivity index (χ1v) is 8.59. The number of esters is 4. The molecule has 2 fully saturated rings. The zero-order valence-electron chi connectivity index (χ0n) is 16.2. The highest BCUT2D eigenvalue weighted by molar-refractivity contribution is 5.74. The summed E-state index contributed by atoms with van der Waals surface area (Å²) in [7, 11) is 0. The van der Waals surface area contributed by atoms with Crippen LogP contribution in [-0.4, -0.2) is 60.6 Å². The summed E-state index contributed by atoms with van der Waals surface area (Å²) in [5, 5.41) is 2.61. The lowest BCUT2D eigenvalue weighted by Crippen LogP contribution is -2.72. The van der Waals surface area contributed by atoms with E-state index in [4.69, 9.17) is 23.7 Å². The van der Waals surface area contributed by atoms with Gasteiger partial charge in [0.05, 0.1) is 5.92 Å². The quantitative estimate of drug-likeness (QED) is 0.453. The van der Waals surface area contributed by atoms with Crippen LogP contribution in [0.15, 0.2) is 0 Å². The SMILES string of the molecule is CC(=O)NC12O[C@H](OC(C)=O)C1C(OC(C)=O)[C@H](OC(C)=O)C2COC(C)=O. The number of nitrogens with one attached hydrogen (secondary N) is 1. The minimum atomic E-state index is -1.53. The van der Waals surface area contributed by atoms with Gasteiger partial charge in [-0.1, -0.05) is 0 Å². The Bertz CT molecular complexity index is 665. The zero-order chi connectivity index (χ0) is 21.2. The maximum absolute atomic E-state index is 11.8. The van der Waals surface area contributed by atoms with Gasteiger partial charge in [-0.3, -0.25) is 24.0 Å². The second-order valence-corrected chi connectivity index (χ2v) is 6.65. The molecule has 6 atom stereocenters. The molecule has 156 valence electrons. The highest BCUT2D eigenvalue weighted by Gasteiger charge is 2.75. The Kier molecular flexibility index (Phi) is 6.27. The molecule has 0 aromatic heterocycles. The van der Waals surface area contributed by atoms with Crippen molar-refractivity contribution < 1.29 is 47.7 Å². The first-order valence-electron chi connectivity index (χ1n) is 8.59. The van der Waals surface area contributed by atoms with Crippen molar-refractivity contribution in [3.63, 3.8) is 0 Å². The molecule has 1 heterocycles. The molecule has 0 spiro atoms. The molecule has 28 heavy (non-hydrogen) atoms. The van der Waals surface area contributed by atoms with Crippen LogP contribution in [0.25, 0.3) is 0 Å². The number of rotatable bonds is 6. The number of hydrogen-bond donors (Lipinski definition) is 1. The van der Waals surface area contributed by atoms with E-state index in [2.05, 4.69) is 5.32 Å². The summed E-state index contributed by atoms with van der Waals surface area (Å²) in [6, 6.07) is 0. The van der Waals surface area contributed by atoms with Crippen molar-refractivity contribution in [3.8, 4) is 0 Å². The van der Waals surface area contributed by atoms with Crippen molar-refractivity contribution in [2.45, 2.75) is 58.8 Å². The third-order valence-corrected chi connectivity index (χ3v) is 4.45. The molecule has 0 aromatic rings. The van der Waals surface area contributed by atoms with E-state index < -0.39 is 65.8 Å². The maximum Gasteiger partial charge on any atom is 0.304 e. The lowest BCUT2D eigenvalue weighted by atomic mass is 9.85. The van der Waals surface area contributed by atoms with E-state index >= 15 is 0 Å². The van der Waals surface area contributed by atoms with Gasteiger partial charge in [0.2, 0.25) is 12.2 Å². The fraction of sp³-hybridized carbons (Fsp3) is 0.706. The van der Waals surface area contributed by atoms with Crippen LogP contribution in [0.5, 0.6) is 0 Å². The minimum Gasteiger partial charge on any atom is -0.465 e. The minimum absolute atomic E-state index is 0.297. The molecule has 1 N–H and O–H groups in total. The monoisotopic (exact) mass is 401 g/mol. The van der Waals surface area contributed by atoms with Crippen molar-refractivity contribution in [3.05, 3.63) is 0 Å². The topological polar surface area (TPSA) is 144 Å². The molecular weight excluding hydrogens is 378 g/mol. The van der Waals surface area contributed by atoms with Crippen molar-refractivity contribution in [2.75, 3.05) is 6.61 Å². The van der Waals surface area contributed by atoms with Gasteiger partial charge in [0.25, 0.3) is 0 Å². The Balaban J connectivity index is 2.49. The smallest absolute Gasteiger partial charge is 0.304 e. The van der Waals surface area contributed by atoms with Crippen molar-refractivity contribution in [2.24, 2.45) is 11.8 Å². The van der Waals surface area contributed by atoms with E-state index in [9.17, 15) is 24.0 Å². The van der Waals surface area contributed by atoms with E-state index in [1.54, 1.807) is 0 Å². The Morgan fingerprint density at radius 1 is 0.821 bits per heavy atom. The molecule has 1 amide bonds.